The zero-order valence-electron chi connectivity index (χ0n) is 10.6. The summed E-state index contributed by atoms with van der Waals surface area (Å²) < 4.78 is 45.7. The lowest BCUT2D eigenvalue weighted by Crippen LogP contribution is -1.92. The highest BCUT2D eigenvalue weighted by atomic mass is 19.1. The maximum Gasteiger partial charge on any atom is 0.182 e. The molecule has 106 valence electrons. The number of hydrogen-bond donors (Lipinski definition) is 1. The second-order valence-electron chi connectivity index (χ2n) is 4.38. The molecule has 21 heavy (non-hydrogen) atoms. The highest BCUT2D eigenvalue weighted by Crippen LogP contribution is 2.38. The van der Waals surface area contributed by atoms with Gasteiger partial charge in [0.05, 0.1) is 11.1 Å². The molecule has 0 amide bonds. The molecule has 0 unspecified atom stereocenters. The standard InChI is InChI=1S/C15H9F3N2O/c16-9-6-4-8(5-7-9)12-14(21-20-15(12)19)13-10(17)2-1-3-11(13)18/h1-7H,(H2,19,20). The number of nitrogen functional groups attached to an aromatic ring is 1. The summed E-state index contributed by atoms with van der Waals surface area (Å²) in [5, 5.41) is 3.55. The molecule has 0 aliphatic rings. The van der Waals surface area contributed by atoms with Crippen LogP contribution >= 0.6 is 0 Å². The fraction of sp³-hybridized carbons (Fsp3) is 0. The Morgan fingerprint density at radius 1 is 0.857 bits per heavy atom. The van der Waals surface area contributed by atoms with Gasteiger partial charge in [-0.3, -0.25) is 0 Å². The van der Waals surface area contributed by atoms with Crippen molar-refractivity contribution in [3.63, 3.8) is 0 Å². The van der Waals surface area contributed by atoms with Crippen LogP contribution in [0.4, 0.5) is 19.0 Å². The molecule has 0 aliphatic carbocycles. The Bertz CT molecular complexity index is 777. The third-order valence-corrected chi connectivity index (χ3v) is 3.04. The van der Waals surface area contributed by atoms with Crippen molar-refractivity contribution in [2.24, 2.45) is 0 Å². The lowest BCUT2D eigenvalue weighted by atomic mass is 10.0. The van der Waals surface area contributed by atoms with E-state index in [4.69, 9.17) is 10.3 Å². The molecule has 3 aromatic rings. The molecule has 1 heterocycles. The van der Waals surface area contributed by atoms with Gasteiger partial charge in [0.2, 0.25) is 0 Å². The minimum atomic E-state index is -0.797. The van der Waals surface area contributed by atoms with Crippen molar-refractivity contribution >= 4 is 5.82 Å². The van der Waals surface area contributed by atoms with Crippen molar-refractivity contribution in [1.29, 1.82) is 0 Å². The first kappa shape index (κ1) is 13.2. The molecule has 2 N–H and O–H groups in total. The zero-order valence-corrected chi connectivity index (χ0v) is 10.6. The summed E-state index contributed by atoms with van der Waals surface area (Å²) >= 11 is 0. The first-order valence-electron chi connectivity index (χ1n) is 6.03. The molecule has 1 aromatic heterocycles. The van der Waals surface area contributed by atoms with Crippen LogP contribution in [-0.2, 0) is 0 Å². The molecule has 0 radical (unpaired) electrons. The van der Waals surface area contributed by atoms with Crippen LogP contribution in [0.2, 0.25) is 0 Å². The van der Waals surface area contributed by atoms with Crippen LogP contribution in [0.25, 0.3) is 22.5 Å². The Balaban J connectivity index is 2.24. The number of rotatable bonds is 2. The van der Waals surface area contributed by atoms with Crippen molar-refractivity contribution in [3.8, 4) is 22.5 Å². The molecule has 0 fully saturated rings. The average molecular weight is 290 g/mol. The third-order valence-electron chi connectivity index (χ3n) is 3.04. The van der Waals surface area contributed by atoms with Gasteiger partial charge in [-0.2, -0.15) is 0 Å². The van der Waals surface area contributed by atoms with E-state index >= 15 is 0 Å². The second kappa shape index (κ2) is 4.97. The van der Waals surface area contributed by atoms with Crippen LogP contribution in [0, 0.1) is 17.5 Å². The molecular weight excluding hydrogens is 281 g/mol. The Kier molecular flexibility index (Phi) is 3.13. The van der Waals surface area contributed by atoms with Gasteiger partial charge in [-0.15, -0.1) is 0 Å². The van der Waals surface area contributed by atoms with Gasteiger partial charge in [0.15, 0.2) is 11.6 Å². The Morgan fingerprint density at radius 3 is 2.10 bits per heavy atom. The highest BCUT2D eigenvalue weighted by Gasteiger charge is 2.23. The van der Waals surface area contributed by atoms with E-state index in [1.165, 1.54) is 30.3 Å². The summed E-state index contributed by atoms with van der Waals surface area (Å²) in [5.74, 6) is -2.19. The van der Waals surface area contributed by atoms with E-state index < -0.39 is 17.5 Å². The van der Waals surface area contributed by atoms with E-state index in [0.29, 0.717) is 5.56 Å². The van der Waals surface area contributed by atoms with E-state index in [1.807, 2.05) is 0 Å². The molecule has 0 atom stereocenters. The molecule has 0 saturated heterocycles. The lowest BCUT2D eigenvalue weighted by Gasteiger charge is -2.05. The Hall–Kier alpha value is -2.76. The number of halogens is 3. The number of nitrogens with zero attached hydrogens (tertiary/aromatic N) is 1. The molecule has 6 heteroatoms. The fourth-order valence-corrected chi connectivity index (χ4v) is 2.08. The van der Waals surface area contributed by atoms with Crippen molar-refractivity contribution in [2.75, 3.05) is 5.73 Å². The van der Waals surface area contributed by atoms with Crippen molar-refractivity contribution in [2.45, 2.75) is 0 Å². The van der Waals surface area contributed by atoms with Crippen LogP contribution < -0.4 is 5.73 Å². The average Bonchev–Trinajstić information content (AvgIpc) is 2.82. The topological polar surface area (TPSA) is 52.0 Å². The van der Waals surface area contributed by atoms with Gasteiger partial charge in [0.1, 0.15) is 17.5 Å². The monoisotopic (exact) mass is 290 g/mol. The minimum absolute atomic E-state index is 0.0285. The van der Waals surface area contributed by atoms with Gasteiger partial charge in [-0.05, 0) is 29.8 Å². The third kappa shape index (κ3) is 2.24. The van der Waals surface area contributed by atoms with Crippen molar-refractivity contribution in [3.05, 3.63) is 59.9 Å². The summed E-state index contributed by atoms with van der Waals surface area (Å²) in [6.45, 7) is 0. The summed E-state index contributed by atoms with van der Waals surface area (Å²) in [7, 11) is 0. The van der Waals surface area contributed by atoms with E-state index in [-0.39, 0.29) is 22.7 Å². The SMILES string of the molecule is Nc1noc(-c2c(F)cccc2F)c1-c1ccc(F)cc1. The zero-order chi connectivity index (χ0) is 15.0. The maximum absolute atomic E-state index is 13.9. The number of nitrogens with two attached hydrogens (primary N) is 1. The number of aromatic nitrogens is 1. The van der Waals surface area contributed by atoms with Gasteiger partial charge in [0, 0.05) is 0 Å². The van der Waals surface area contributed by atoms with Crippen LogP contribution in [-0.4, -0.2) is 5.16 Å². The number of benzene rings is 2. The van der Waals surface area contributed by atoms with E-state index in [0.717, 1.165) is 12.1 Å². The van der Waals surface area contributed by atoms with Gasteiger partial charge in [-0.25, -0.2) is 13.2 Å². The molecule has 3 rings (SSSR count). The summed E-state index contributed by atoms with van der Waals surface area (Å²) in [6, 6.07) is 8.73. The predicted molar refractivity (Wildman–Crippen MR) is 71.7 cm³/mol. The maximum atomic E-state index is 13.9. The fourth-order valence-electron chi connectivity index (χ4n) is 2.08. The molecule has 0 bridgehead atoms. The predicted octanol–water partition coefficient (Wildman–Crippen LogP) is 4.01. The summed E-state index contributed by atoms with van der Waals surface area (Å²) in [6.07, 6.45) is 0. The normalized spacial score (nSPS) is 10.8. The first-order valence-corrected chi connectivity index (χ1v) is 6.03. The molecule has 2 aromatic carbocycles. The first-order chi connectivity index (χ1) is 10.1. The Labute approximate surface area is 117 Å². The van der Waals surface area contributed by atoms with Gasteiger partial charge in [-0.1, -0.05) is 23.4 Å². The highest BCUT2D eigenvalue weighted by molar-refractivity contribution is 5.86. The largest absolute Gasteiger partial charge is 0.380 e. The van der Waals surface area contributed by atoms with Crippen LogP contribution in [0.1, 0.15) is 0 Å². The molecule has 0 spiro atoms. The molecule has 0 aliphatic heterocycles. The van der Waals surface area contributed by atoms with E-state index in [2.05, 4.69) is 5.16 Å². The molecule has 0 saturated carbocycles. The molecular formula is C15H9F3N2O. The van der Waals surface area contributed by atoms with Crippen LogP contribution in [0.3, 0.4) is 0 Å². The summed E-state index contributed by atoms with van der Waals surface area (Å²) in [4.78, 5) is 0. The summed E-state index contributed by atoms with van der Waals surface area (Å²) in [5.41, 5.74) is 6.02. The van der Waals surface area contributed by atoms with Crippen molar-refractivity contribution < 1.29 is 17.7 Å². The van der Waals surface area contributed by atoms with Gasteiger partial charge >= 0.3 is 0 Å². The minimum Gasteiger partial charge on any atom is -0.380 e. The van der Waals surface area contributed by atoms with E-state index in [1.54, 1.807) is 0 Å². The lowest BCUT2D eigenvalue weighted by molar-refractivity contribution is 0.430. The number of hydrogen-bond acceptors (Lipinski definition) is 3. The molecule has 3 nitrogen and oxygen atoms in total. The quantitative estimate of drug-likeness (QED) is 0.776. The Morgan fingerprint density at radius 2 is 1.48 bits per heavy atom. The van der Waals surface area contributed by atoms with Crippen LogP contribution in [0.15, 0.2) is 47.0 Å². The number of anilines is 1. The van der Waals surface area contributed by atoms with Crippen molar-refractivity contribution in [1.82, 2.24) is 5.16 Å². The smallest absolute Gasteiger partial charge is 0.182 e. The van der Waals surface area contributed by atoms with E-state index in [9.17, 15) is 13.2 Å². The second-order valence-corrected chi connectivity index (χ2v) is 4.38. The van der Waals surface area contributed by atoms with Gasteiger partial charge in [0.25, 0.3) is 0 Å². The van der Waals surface area contributed by atoms with Crippen LogP contribution in [0.5, 0.6) is 0 Å². The van der Waals surface area contributed by atoms with Gasteiger partial charge < -0.3 is 10.3 Å².